The zero-order valence-corrected chi connectivity index (χ0v) is 13.6. The molecule has 0 unspecified atom stereocenters. The molecule has 0 bridgehead atoms. The lowest BCUT2D eigenvalue weighted by Gasteiger charge is -2.21. The molecule has 22 heavy (non-hydrogen) atoms. The number of pyridine rings is 1. The Hall–Kier alpha value is -1.91. The molecule has 0 aliphatic carbocycles. The number of carbonyl (C=O) groups excluding carboxylic acids is 1. The summed E-state index contributed by atoms with van der Waals surface area (Å²) in [6, 6.07) is 13.7. The van der Waals surface area contributed by atoms with Gasteiger partial charge < -0.3 is 10.6 Å². The summed E-state index contributed by atoms with van der Waals surface area (Å²) in [7, 11) is 0. The summed E-state index contributed by atoms with van der Waals surface area (Å²) >= 11 is 0. The van der Waals surface area contributed by atoms with Crippen LogP contribution in [0.4, 0.5) is 0 Å². The molecule has 1 aromatic heterocycles. The van der Waals surface area contributed by atoms with E-state index in [9.17, 15) is 4.79 Å². The topological polar surface area (TPSA) is 59.2 Å². The van der Waals surface area contributed by atoms with Crippen molar-refractivity contribution >= 4 is 18.3 Å². The van der Waals surface area contributed by atoms with E-state index in [1.54, 1.807) is 18.3 Å². The summed E-state index contributed by atoms with van der Waals surface area (Å²) in [5.74, 6) is 0.0329. The fourth-order valence-corrected chi connectivity index (χ4v) is 2.22. The Labute approximate surface area is 137 Å². The number of benzene rings is 1. The zero-order chi connectivity index (χ0) is 15.1. The summed E-state index contributed by atoms with van der Waals surface area (Å²) < 4.78 is 0. The van der Waals surface area contributed by atoms with Crippen LogP contribution in [-0.2, 0) is 13.0 Å². The highest BCUT2D eigenvalue weighted by molar-refractivity contribution is 5.94. The first-order chi connectivity index (χ1) is 10.2. The summed E-state index contributed by atoms with van der Waals surface area (Å²) in [5.41, 5.74) is 8.20. The lowest BCUT2D eigenvalue weighted by Crippen LogP contribution is -2.32. The molecule has 1 heterocycles. The van der Waals surface area contributed by atoms with Crippen molar-refractivity contribution in [1.82, 2.24) is 9.88 Å². The number of carbonyl (C=O) groups is 1. The van der Waals surface area contributed by atoms with Crippen molar-refractivity contribution < 1.29 is 4.79 Å². The fourth-order valence-electron chi connectivity index (χ4n) is 2.22. The van der Waals surface area contributed by atoms with E-state index in [1.807, 2.05) is 30.0 Å². The molecule has 1 amide bonds. The van der Waals surface area contributed by atoms with Gasteiger partial charge >= 0.3 is 0 Å². The van der Waals surface area contributed by atoms with Crippen molar-refractivity contribution in [2.24, 2.45) is 5.73 Å². The average Bonchev–Trinajstić information content (AvgIpc) is 2.56. The van der Waals surface area contributed by atoms with E-state index < -0.39 is 0 Å². The van der Waals surface area contributed by atoms with Crippen LogP contribution in [-0.4, -0.2) is 28.9 Å². The minimum absolute atomic E-state index is 0. The highest BCUT2D eigenvalue weighted by Gasteiger charge is 2.14. The Morgan fingerprint density at radius 1 is 1.23 bits per heavy atom. The van der Waals surface area contributed by atoms with Crippen molar-refractivity contribution in [3.8, 4) is 0 Å². The van der Waals surface area contributed by atoms with Crippen LogP contribution in [0.1, 0.15) is 28.5 Å². The molecule has 0 atom stereocenters. The van der Waals surface area contributed by atoms with E-state index in [0.717, 1.165) is 12.1 Å². The first-order valence-electron chi connectivity index (χ1n) is 7.22. The molecule has 0 spiro atoms. The summed E-state index contributed by atoms with van der Waals surface area (Å²) in [6.45, 7) is 3.73. The quantitative estimate of drug-likeness (QED) is 0.890. The molecule has 0 fully saturated rings. The van der Waals surface area contributed by atoms with Gasteiger partial charge in [0.25, 0.3) is 5.91 Å². The van der Waals surface area contributed by atoms with Crippen molar-refractivity contribution in [2.45, 2.75) is 19.9 Å². The molecule has 0 aliphatic heterocycles. The third-order valence-electron chi connectivity index (χ3n) is 3.45. The van der Waals surface area contributed by atoms with Gasteiger partial charge in [-0.1, -0.05) is 30.3 Å². The minimum atomic E-state index is 0. The van der Waals surface area contributed by atoms with Crippen LogP contribution in [0.15, 0.2) is 48.7 Å². The number of aromatic nitrogens is 1. The Bertz CT molecular complexity index is 589. The van der Waals surface area contributed by atoms with Crippen LogP contribution in [0, 0.1) is 0 Å². The maximum absolute atomic E-state index is 12.5. The largest absolute Gasteiger partial charge is 0.339 e. The van der Waals surface area contributed by atoms with Gasteiger partial charge in [0, 0.05) is 31.4 Å². The van der Waals surface area contributed by atoms with Gasteiger partial charge in [-0.05, 0) is 31.0 Å². The monoisotopic (exact) mass is 319 g/mol. The van der Waals surface area contributed by atoms with Crippen LogP contribution in [0.5, 0.6) is 0 Å². The molecule has 0 radical (unpaired) electrons. The second kappa shape index (κ2) is 9.18. The van der Waals surface area contributed by atoms with Crippen molar-refractivity contribution in [3.63, 3.8) is 0 Å². The van der Waals surface area contributed by atoms with E-state index in [-0.39, 0.29) is 18.3 Å². The number of likely N-dealkylation sites (N-methyl/N-ethyl adjacent to an activating group) is 1. The van der Waals surface area contributed by atoms with Crippen molar-refractivity contribution in [2.75, 3.05) is 13.1 Å². The molecule has 1 aromatic carbocycles. The third kappa shape index (κ3) is 4.83. The number of nitrogens with two attached hydrogens (primary N) is 1. The third-order valence-corrected chi connectivity index (χ3v) is 3.45. The van der Waals surface area contributed by atoms with Crippen molar-refractivity contribution in [3.05, 3.63) is 65.5 Å². The first-order valence-corrected chi connectivity index (χ1v) is 7.22. The molecule has 2 N–H and O–H groups in total. The minimum Gasteiger partial charge on any atom is -0.339 e. The van der Waals surface area contributed by atoms with Crippen LogP contribution >= 0.6 is 12.4 Å². The molecule has 0 saturated carbocycles. The highest BCUT2D eigenvalue weighted by Crippen LogP contribution is 2.08. The van der Waals surface area contributed by atoms with Gasteiger partial charge in [-0.25, -0.2) is 0 Å². The summed E-state index contributed by atoms with van der Waals surface area (Å²) in [4.78, 5) is 18.5. The fraction of sp³-hybridized carbons (Fsp3) is 0.294. The Morgan fingerprint density at radius 3 is 2.59 bits per heavy atom. The van der Waals surface area contributed by atoms with Gasteiger partial charge in [0.1, 0.15) is 0 Å². The number of rotatable bonds is 6. The molecule has 2 rings (SSSR count). The Balaban J connectivity index is 0.00000242. The van der Waals surface area contributed by atoms with Gasteiger partial charge in [-0.3, -0.25) is 9.78 Å². The van der Waals surface area contributed by atoms with Crippen LogP contribution < -0.4 is 5.73 Å². The lowest BCUT2D eigenvalue weighted by atomic mass is 10.1. The van der Waals surface area contributed by atoms with Gasteiger partial charge in [0.2, 0.25) is 0 Å². The van der Waals surface area contributed by atoms with Crippen molar-refractivity contribution in [1.29, 1.82) is 0 Å². The number of hydrogen-bond donors (Lipinski definition) is 1. The van der Waals surface area contributed by atoms with Gasteiger partial charge in [0.05, 0.1) is 5.69 Å². The van der Waals surface area contributed by atoms with E-state index in [1.165, 1.54) is 5.56 Å². The van der Waals surface area contributed by atoms with Crippen LogP contribution in [0.3, 0.4) is 0 Å². The Kier molecular flexibility index (Phi) is 7.57. The van der Waals surface area contributed by atoms with Crippen LogP contribution in [0.25, 0.3) is 0 Å². The lowest BCUT2D eigenvalue weighted by molar-refractivity contribution is 0.0766. The zero-order valence-electron chi connectivity index (χ0n) is 12.7. The molecule has 118 valence electrons. The van der Waals surface area contributed by atoms with Crippen LogP contribution in [0.2, 0.25) is 0 Å². The molecular formula is C17H22ClN3O. The summed E-state index contributed by atoms with van der Waals surface area (Å²) in [5, 5.41) is 0. The normalized spacial score (nSPS) is 9.91. The van der Waals surface area contributed by atoms with E-state index in [4.69, 9.17) is 5.73 Å². The summed E-state index contributed by atoms with van der Waals surface area (Å²) in [6.07, 6.45) is 2.50. The van der Waals surface area contributed by atoms with E-state index >= 15 is 0 Å². The molecular weight excluding hydrogens is 298 g/mol. The molecule has 2 aromatic rings. The number of nitrogens with zero attached hydrogens (tertiary/aromatic N) is 2. The van der Waals surface area contributed by atoms with Gasteiger partial charge in [-0.15, -0.1) is 12.4 Å². The molecule has 0 aliphatic rings. The van der Waals surface area contributed by atoms with Gasteiger partial charge in [0.15, 0.2) is 0 Å². The SMILES string of the molecule is CCN(CCc1ccccc1)C(=O)c1ccnc(CN)c1.Cl. The number of halogens is 1. The highest BCUT2D eigenvalue weighted by atomic mass is 35.5. The van der Waals surface area contributed by atoms with Gasteiger partial charge in [-0.2, -0.15) is 0 Å². The standard InChI is InChI=1S/C17H21N3O.ClH/c1-2-20(11-9-14-6-4-3-5-7-14)17(21)15-8-10-19-16(12-15)13-18;/h3-8,10,12H,2,9,11,13,18H2,1H3;1H. The predicted molar refractivity (Wildman–Crippen MR) is 91.1 cm³/mol. The predicted octanol–water partition coefficient (Wildman–Crippen LogP) is 2.67. The molecule has 4 nitrogen and oxygen atoms in total. The second-order valence-corrected chi connectivity index (χ2v) is 4.86. The maximum atomic E-state index is 12.5. The maximum Gasteiger partial charge on any atom is 0.253 e. The number of hydrogen-bond acceptors (Lipinski definition) is 3. The molecule has 5 heteroatoms. The Morgan fingerprint density at radius 2 is 1.95 bits per heavy atom. The van der Waals surface area contributed by atoms with E-state index in [2.05, 4.69) is 17.1 Å². The molecule has 0 saturated heterocycles. The second-order valence-electron chi connectivity index (χ2n) is 4.86. The first kappa shape index (κ1) is 18.1. The number of amides is 1. The smallest absolute Gasteiger partial charge is 0.253 e. The average molecular weight is 320 g/mol. The van der Waals surface area contributed by atoms with E-state index in [0.29, 0.717) is 25.2 Å².